The normalized spacial score (nSPS) is 18.3. The van der Waals surface area contributed by atoms with Gasteiger partial charge in [0, 0.05) is 5.92 Å². The first-order valence-electron chi connectivity index (χ1n) is 3.46. The molecule has 0 saturated heterocycles. The third kappa shape index (κ3) is 3.48. The maximum atomic E-state index is 10.9. The Morgan fingerprint density at radius 2 is 2.09 bits per heavy atom. The Hall–Kier alpha value is -0.420. The number of hydrogen-bond donors (Lipinski definition) is 1. The Kier molecular flexibility index (Phi) is 2.29. The molecule has 0 aromatic heterocycles. The van der Waals surface area contributed by atoms with Gasteiger partial charge in [-0.05, 0) is 12.8 Å². The van der Waals surface area contributed by atoms with E-state index in [4.69, 9.17) is 0 Å². The number of rotatable bonds is 4. The van der Waals surface area contributed by atoms with Crippen LogP contribution in [-0.4, -0.2) is 27.0 Å². The second kappa shape index (κ2) is 2.91. The average molecular weight is 177 g/mol. The molecule has 0 bridgehead atoms. The van der Waals surface area contributed by atoms with E-state index in [1.807, 2.05) is 0 Å². The van der Waals surface area contributed by atoms with Crippen molar-refractivity contribution in [3.05, 3.63) is 0 Å². The van der Waals surface area contributed by atoms with Crippen molar-refractivity contribution in [2.45, 2.75) is 12.8 Å². The first-order chi connectivity index (χ1) is 4.99. The van der Waals surface area contributed by atoms with Crippen LogP contribution in [0.4, 0.5) is 0 Å². The first kappa shape index (κ1) is 8.67. The predicted molar refractivity (Wildman–Crippen MR) is 40.6 cm³/mol. The fourth-order valence-electron chi connectivity index (χ4n) is 0.752. The Morgan fingerprint density at radius 1 is 1.55 bits per heavy atom. The van der Waals surface area contributed by atoms with E-state index in [1.54, 1.807) is 0 Å². The molecule has 0 aliphatic heterocycles. The molecule has 0 aromatic carbocycles. The van der Waals surface area contributed by atoms with Crippen LogP contribution in [0.1, 0.15) is 12.8 Å². The lowest BCUT2D eigenvalue weighted by atomic mass is 10.3. The highest BCUT2D eigenvalue weighted by molar-refractivity contribution is 7.88. The summed E-state index contributed by atoms with van der Waals surface area (Å²) < 4.78 is 23.2. The third-order valence-corrected chi connectivity index (χ3v) is 2.21. The van der Waals surface area contributed by atoms with Crippen molar-refractivity contribution in [2.75, 3.05) is 12.8 Å². The van der Waals surface area contributed by atoms with Gasteiger partial charge in [-0.3, -0.25) is 4.79 Å². The van der Waals surface area contributed by atoms with Crippen LogP contribution >= 0.6 is 0 Å². The van der Waals surface area contributed by atoms with Gasteiger partial charge in [0.2, 0.25) is 10.0 Å². The van der Waals surface area contributed by atoms with Crippen LogP contribution in [0.3, 0.4) is 0 Å². The summed E-state index contributed by atoms with van der Waals surface area (Å²) in [6.07, 6.45) is 2.89. The minimum absolute atomic E-state index is 0.00965. The fraction of sp³-hybridized carbons (Fsp3) is 0.833. The molecule has 0 amide bonds. The molecule has 11 heavy (non-hydrogen) atoms. The van der Waals surface area contributed by atoms with Crippen LogP contribution in [0.25, 0.3) is 0 Å². The molecule has 1 aliphatic rings. The van der Waals surface area contributed by atoms with Crippen molar-refractivity contribution < 1.29 is 13.2 Å². The van der Waals surface area contributed by atoms with Crippen molar-refractivity contribution in [1.82, 2.24) is 4.72 Å². The van der Waals surface area contributed by atoms with E-state index in [0.717, 1.165) is 19.1 Å². The molecule has 0 aromatic rings. The largest absolute Gasteiger partial charge is 0.298 e. The van der Waals surface area contributed by atoms with Gasteiger partial charge in [0.1, 0.15) is 0 Å². The summed E-state index contributed by atoms with van der Waals surface area (Å²) in [5.41, 5.74) is 0. The summed E-state index contributed by atoms with van der Waals surface area (Å²) in [7, 11) is -3.20. The van der Waals surface area contributed by atoms with Crippen molar-refractivity contribution in [3.8, 4) is 0 Å². The van der Waals surface area contributed by atoms with E-state index in [0.29, 0.717) is 0 Å². The van der Waals surface area contributed by atoms with Crippen LogP contribution in [-0.2, 0) is 14.8 Å². The topological polar surface area (TPSA) is 63.2 Å². The minimum Gasteiger partial charge on any atom is -0.298 e. The quantitative estimate of drug-likeness (QED) is 0.630. The lowest BCUT2D eigenvalue weighted by molar-refractivity contribution is -0.119. The molecule has 4 nitrogen and oxygen atoms in total. The van der Waals surface area contributed by atoms with Gasteiger partial charge in [-0.25, -0.2) is 13.1 Å². The van der Waals surface area contributed by atoms with Gasteiger partial charge in [-0.1, -0.05) is 0 Å². The molecular weight excluding hydrogens is 166 g/mol. The molecule has 0 unspecified atom stereocenters. The lowest BCUT2D eigenvalue weighted by Crippen LogP contribution is -2.29. The average Bonchev–Trinajstić information content (AvgIpc) is 2.61. The third-order valence-electron chi connectivity index (χ3n) is 1.54. The van der Waals surface area contributed by atoms with E-state index >= 15 is 0 Å². The van der Waals surface area contributed by atoms with Gasteiger partial charge < -0.3 is 0 Å². The van der Waals surface area contributed by atoms with Crippen molar-refractivity contribution in [1.29, 1.82) is 0 Å². The Morgan fingerprint density at radius 3 is 2.45 bits per heavy atom. The Bertz CT molecular complexity index is 253. The highest BCUT2D eigenvalue weighted by Gasteiger charge is 2.29. The molecule has 64 valence electrons. The molecule has 1 rings (SSSR count). The molecule has 5 heteroatoms. The van der Waals surface area contributed by atoms with Crippen molar-refractivity contribution in [2.24, 2.45) is 5.92 Å². The summed E-state index contributed by atoms with van der Waals surface area (Å²) in [5.74, 6) is 0.139. The number of nitrogens with one attached hydrogen (secondary N) is 1. The molecule has 0 heterocycles. The minimum atomic E-state index is -3.20. The van der Waals surface area contributed by atoms with Crippen LogP contribution in [0.5, 0.6) is 0 Å². The predicted octanol–water partition coefficient (Wildman–Crippen LogP) is -0.485. The maximum absolute atomic E-state index is 10.9. The molecular formula is C6H11NO3S. The number of carbonyl (C=O) groups is 1. The zero-order valence-electron chi connectivity index (χ0n) is 6.33. The zero-order chi connectivity index (χ0) is 8.48. The Balaban J connectivity index is 2.26. The molecule has 0 atom stereocenters. The van der Waals surface area contributed by atoms with Crippen molar-refractivity contribution in [3.63, 3.8) is 0 Å². The van der Waals surface area contributed by atoms with Gasteiger partial charge in [-0.2, -0.15) is 0 Å². The monoisotopic (exact) mass is 177 g/mol. The molecule has 1 saturated carbocycles. The molecule has 0 radical (unpaired) electrons. The maximum Gasteiger partial charge on any atom is 0.209 e. The highest BCUT2D eigenvalue weighted by Crippen LogP contribution is 2.29. The number of Topliss-reactive ketones (excluding diaryl/α,β-unsaturated/α-hetero) is 1. The summed E-state index contributed by atoms with van der Waals surface area (Å²) in [6, 6.07) is 0. The number of carbonyl (C=O) groups excluding carboxylic acids is 1. The highest BCUT2D eigenvalue weighted by atomic mass is 32.2. The van der Waals surface area contributed by atoms with E-state index in [1.165, 1.54) is 0 Å². The zero-order valence-corrected chi connectivity index (χ0v) is 7.15. The molecule has 1 N–H and O–H groups in total. The molecule has 1 fully saturated rings. The van der Waals surface area contributed by atoms with Gasteiger partial charge in [0.25, 0.3) is 0 Å². The summed E-state index contributed by atoms with van der Waals surface area (Å²) in [4.78, 5) is 10.9. The molecule has 1 aliphatic carbocycles. The van der Waals surface area contributed by atoms with E-state index < -0.39 is 10.0 Å². The first-order valence-corrected chi connectivity index (χ1v) is 5.35. The van der Waals surface area contributed by atoms with Gasteiger partial charge in [-0.15, -0.1) is 0 Å². The van der Waals surface area contributed by atoms with Gasteiger partial charge in [0.05, 0.1) is 12.8 Å². The summed E-state index contributed by atoms with van der Waals surface area (Å²) >= 11 is 0. The standard InChI is InChI=1S/C6H11NO3S/c1-11(9,10)7-4-6(8)5-2-3-5/h5,7H,2-4H2,1H3. The van der Waals surface area contributed by atoms with Crippen LogP contribution in [0.2, 0.25) is 0 Å². The number of hydrogen-bond acceptors (Lipinski definition) is 3. The smallest absolute Gasteiger partial charge is 0.209 e. The van der Waals surface area contributed by atoms with Gasteiger partial charge in [0.15, 0.2) is 5.78 Å². The van der Waals surface area contributed by atoms with E-state index in [9.17, 15) is 13.2 Å². The van der Waals surface area contributed by atoms with E-state index in [-0.39, 0.29) is 18.2 Å². The van der Waals surface area contributed by atoms with Crippen LogP contribution in [0, 0.1) is 5.92 Å². The van der Waals surface area contributed by atoms with Crippen molar-refractivity contribution >= 4 is 15.8 Å². The van der Waals surface area contributed by atoms with Crippen LogP contribution < -0.4 is 4.72 Å². The number of sulfonamides is 1. The summed E-state index contributed by atoms with van der Waals surface area (Å²) in [6.45, 7) is -0.0382. The van der Waals surface area contributed by atoms with Crippen LogP contribution in [0.15, 0.2) is 0 Å². The second-order valence-electron chi connectivity index (χ2n) is 2.83. The van der Waals surface area contributed by atoms with E-state index in [2.05, 4.69) is 4.72 Å². The summed E-state index contributed by atoms with van der Waals surface area (Å²) in [5, 5.41) is 0. The SMILES string of the molecule is CS(=O)(=O)NCC(=O)C1CC1. The second-order valence-corrected chi connectivity index (χ2v) is 4.67. The fourth-order valence-corrected chi connectivity index (χ4v) is 1.16. The molecule has 0 spiro atoms. The lowest BCUT2D eigenvalue weighted by Gasteiger charge is -1.98. The van der Waals surface area contributed by atoms with Gasteiger partial charge >= 0.3 is 0 Å². The number of ketones is 1. The Labute approximate surface area is 66.0 Å².